The predicted molar refractivity (Wildman–Crippen MR) is 85.9 cm³/mol. The molecule has 23 heavy (non-hydrogen) atoms. The third kappa shape index (κ3) is 5.37. The Morgan fingerprint density at radius 2 is 2.13 bits per heavy atom. The average molecular weight is 318 g/mol. The van der Waals surface area contributed by atoms with Crippen LogP contribution in [0.4, 0.5) is 0 Å². The number of aromatic nitrogens is 2. The Balaban J connectivity index is 1.86. The van der Waals surface area contributed by atoms with Gasteiger partial charge in [-0.1, -0.05) is 5.16 Å². The summed E-state index contributed by atoms with van der Waals surface area (Å²) in [4.78, 5) is 15.9. The van der Waals surface area contributed by atoms with E-state index in [2.05, 4.69) is 15.5 Å². The van der Waals surface area contributed by atoms with E-state index in [1.54, 1.807) is 0 Å². The maximum absolute atomic E-state index is 11.6. The molecule has 124 valence electrons. The first kappa shape index (κ1) is 17.0. The number of ether oxygens (including phenoxy) is 1. The van der Waals surface area contributed by atoms with E-state index in [-0.39, 0.29) is 5.91 Å². The summed E-state index contributed by atoms with van der Waals surface area (Å²) in [5, 5.41) is 6.73. The molecule has 0 fully saturated rings. The highest BCUT2D eigenvalue weighted by Gasteiger charge is 2.10. The highest BCUT2D eigenvalue weighted by atomic mass is 16.5. The average Bonchev–Trinajstić information content (AvgIpc) is 3.03. The Bertz CT molecular complexity index is 610. The van der Waals surface area contributed by atoms with Gasteiger partial charge in [0.15, 0.2) is 0 Å². The summed E-state index contributed by atoms with van der Waals surface area (Å²) >= 11 is 0. The Morgan fingerprint density at radius 3 is 2.83 bits per heavy atom. The van der Waals surface area contributed by atoms with E-state index in [0.717, 1.165) is 17.7 Å². The number of nitrogens with one attached hydrogen (secondary N) is 1. The van der Waals surface area contributed by atoms with Crippen molar-refractivity contribution in [3.05, 3.63) is 30.2 Å². The first-order valence-electron chi connectivity index (χ1n) is 7.75. The molecule has 2 aromatic rings. The lowest BCUT2D eigenvalue weighted by Crippen LogP contribution is -2.26. The molecule has 0 saturated carbocycles. The number of rotatable bonds is 9. The summed E-state index contributed by atoms with van der Waals surface area (Å²) in [5.74, 6) is 1.71. The van der Waals surface area contributed by atoms with Crippen LogP contribution in [0.15, 0.2) is 28.8 Å². The van der Waals surface area contributed by atoms with E-state index in [1.165, 1.54) is 0 Å². The van der Waals surface area contributed by atoms with Crippen molar-refractivity contribution in [2.24, 2.45) is 5.73 Å². The number of benzene rings is 1. The zero-order valence-corrected chi connectivity index (χ0v) is 13.2. The first-order valence-corrected chi connectivity index (χ1v) is 7.75. The summed E-state index contributed by atoms with van der Waals surface area (Å²) in [5.41, 5.74) is 6.21. The largest absolute Gasteiger partial charge is 0.494 e. The molecule has 1 amide bonds. The summed E-state index contributed by atoms with van der Waals surface area (Å²) in [6.45, 7) is 3.72. The zero-order valence-electron chi connectivity index (χ0n) is 13.2. The molecule has 0 aliphatic carbocycles. The van der Waals surface area contributed by atoms with Crippen molar-refractivity contribution in [2.45, 2.75) is 26.2 Å². The second-order valence-electron chi connectivity index (χ2n) is 4.96. The number of nitrogens with two attached hydrogens (primary N) is 1. The van der Waals surface area contributed by atoms with Gasteiger partial charge in [0, 0.05) is 24.9 Å². The molecule has 0 radical (unpaired) electrons. The van der Waals surface area contributed by atoms with Crippen LogP contribution in [-0.4, -0.2) is 35.7 Å². The Kier molecular flexibility index (Phi) is 6.56. The van der Waals surface area contributed by atoms with Gasteiger partial charge in [0.05, 0.1) is 6.61 Å². The summed E-state index contributed by atoms with van der Waals surface area (Å²) in [6.07, 6.45) is 1.50. The topological polar surface area (TPSA) is 103 Å². The third-order valence-electron chi connectivity index (χ3n) is 3.16. The van der Waals surface area contributed by atoms with Crippen LogP contribution < -0.4 is 15.8 Å². The normalized spacial score (nSPS) is 10.5. The highest BCUT2D eigenvalue weighted by molar-refractivity contribution is 5.75. The Labute approximate surface area is 135 Å². The molecule has 0 unspecified atom stereocenters. The smallest absolute Gasteiger partial charge is 0.227 e. The third-order valence-corrected chi connectivity index (χ3v) is 3.16. The monoisotopic (exact) mass is 318 g/mol. The van der Waals surface area contributed by atoms with Crippen LogP contribution in [0.25, 0.3) is 11.4 Å². The van der Waals surface area contributed by atoms with Crippen LogP contribution >= 0.6 is 0 Å². The molecule has 2 rings (SSSR count). The fourth-order valence-corrected chi connectivity index (χ4v) is 1.98. The lowest BCUT2D eigenvalue weighted by Gasteiger charge is -2.02. The van der Waals surface area contributed by atoms with Crippen LogP contribution in [0.3, 0.4) is 0 Å². The van der Waals surface area contributed by atoms with E-state index < -0.39 is 0 Å². The first-order chi connectivity index (χ1) is 11.2. The van der Waals surface area contributed by atoms with Crippen molar-refractivity contribution >= 4 is 5.91 Å². The minimum atomic E-state index is -0.0423. The van der Waals surface area contributed by atoms with Crippen molar-refractivity contribution in [1.29, 1.82) is 0 Å². The maximum Gasteiger partial charge on any atom is 0.227 e. The fraction of sp³-hybridized carbons (Fsp3) is 0.438. The number of hydrogen-bond acceptors (Lipinski definition) is 6. The van der Waals surface area contributed by atoms with E-state index in [0.29, 0.717) is 44.3 Å². The molecule has 1 aromatic carbocycles. The van der Waals surface area contributed by atoms with Gasteiger partial charge in [0.1, 0.15) is 5.75 Å². The van der Waals surface area contributed by atoms with Crippen molar-refractivity contribution in [1.82, 2.24) is 15.5 Å². The maximum atomic E-state index is 11.6. The molecule has 0 aliphatic heterocycles. The predicted octanol–water partition coefficient (Wildman–Crippen LogP) is 1.53. The summed E-state index contributed by atoms with van der Waals surface area (Å²) in [6, 6.07) is 7.47. The highest BCUT2D eigenvalue weighted by Crippen LogP contribution is 2.20. The molecule has 7 nitrogen and oxygen atoms in total. The van der Waals surface area contributed by atoms with Gasteiger partial charge in [0.2, 0.25) is 17.6 Å². The van der Waals surface area contributed by atoms with Gasteiger partial charge in [-0.05, 0) is 44.2 Å². The second-order valence-corrected chi connectivity index (χ2v) is 4.96. The summed E-state index contributed by atoms with van der Waals surface area (Å²) < 4.78 is 10.6. The lowest BCUT2D eigenvalue weighted by atomic mass is 10.2. The number of nitrogens with zero attached hydrogens (tertiary/aromatic N) is 2. The molecule has 0 aliphatic rings. The zero-order chi connectivity index (χ0) is 16.5. The Hall–Kier alpha value is -2.41. The van der Waals surface area contributed by atoms with Crippen LogP contribution in [-0.2, 0) is 11.2 Å². The van der Waals surface area contributed by atoms with Crippen LogP contribution in [0, 0.1) is 0 Å². The molecular weight excluding hydrogens is 296 g/mol. The van der Waals surface area contributed by atoms with Gasteiger partial charge in [-0.25, -0.2) is 0 Å². The fourth-order valence-electron chi connectivity index (χ4n) is 1.98. The number of aryl methyl sites for hydroxylation is 1. The molecule has 1 aromatic heterocycles. The van der Waals surface area contributed by atoms with E-state index in [9.17, 15) is 4.79 Å². The van der Waals surface area contributed by atoms with E-state index in [4.69, 9.17) is 15.0 Å². The molecule has 7 heteroatoms. The molecule has 3 N–H and O–H groups in total. The van der Waals surface area contributed by atoms with Gasteiger partial charge >= 0.3 is 0 Å². The molecular formula is C16H22N4O3. The van der Waals surface area contributed by atoms with E-state index >= 15 is 0 Å². The molecule has 0 spiro atoms. The van der Waals surface area contributed by atoms with Gasteiger partial charge < -0.3 is 20.3 Å². The quantitative estimate of drug-likeness (QED) is 0.680. The number of amides is 1. The molecule has 1 heterocycles. The minimum absolute atomic E-state index is 0.0423. The van der Waals surface area contributed by atoms with Crippen LogP contribution in [0.1, 0.15) is 25.7 Å². The van der Waals surface area contributed by atoms with Gasteiger partial charge in [-0.15, -0.1) is 0 Å². The van der Waals surface area contributed by atoms with Crippen LogP contribution in [0.2, 0.25) is 0 Å². The van der Waals surface area contributed by atoms with Crippen molar-refractivity contribution < 1.29 is 14.1 Å². The van der Waals surface area contributed by atoms with Gasteiger partial charge in [-0.3, -0.25) is 4.79 Å². The molecule has 0 saturated heterocycles. The van der Waals surface area contributed by atoms with Gasteiger partial charge in [-0.2, -0.15) is 4.98 Å². The van der Waals surface area contributed by atoms with Gasteiger partial charge in [0.25, 0.3) is 0 Å². The molecule has 0 atom stereocenters. The Morgan fingerprint density at radius 1 is 1.35 bits per heavy atom. The van der Waals surface area contributed by atoms with E-state index in [1.807, 2.05) is 31.2 Å². The SMILES string of the molecule is CCOc1ccc(-c2noc(CCC(=O)NCCCN)n2)cc1. The number of carbonyl (C=O) groups excluding carboxylic acids is 1. The second kappa shape index (κ2) is 8.89. The standard InChI is InChI=1S/C16H22N4O3/c1-2-22-13-6-4-12(5-7-13)16-19-15(23-20-16)9-8-14(21)18-11-3-10-17/h4-7H,2-3,8-11,17H2,1H3,(H,18,21). The minimum Gasteiger partial charge on any atom is -0.494 e. The van der Waals surface area contributed by atoms with Crippen LogP contribution in [0.5, 0.6) is 5.75 Å². The molecule has 0 bridgehead atoms. The van der Waals surface area contributed by atoms with Crippen molar-refractivity contribution in [3.8, 4) is 17.1 Å². The number of carbonyl (C=O) groups is 1. The lowest BCUT2D eigenvalue weighted by molar-refractivity contribution is -0.121. The number of hydrogen-bond donors (Lipinski definition) is 2. The summed E-state index contributed by atoms with van der Waals surface area (Å²) in [7, 11) is 0. The van der Waals surface area contributed by atoms with Crippen molar-refractivity contribution in [3.63, 3.8) is 0 Å². The van der Waals surface area contributed by atoms with Crippen molar-refractivity contribution in [2.75, 3.05) is 19.7 Å².